The zero-order valence-electron chi connectivity index (χ0n) is 20.6. The summed E-state index contributed by atoms with van der Waals surface area (Å²) in [5, 5.41) is 10.9. The van der Waals surface area contributed by atoms with E-state index in [2.05, 4.69) is 37.5 Å². The summed E-state index contributed by atoms with van der Waals surface area (Å²) in [4.78, 5) is 34.6. The number of amides is 1. The van der Waals surface area contributed by atoms with E-state index in [-0.39, 0.29) is 18.0 Å². The van der Waals surface area contributed by atoms with Crippen molar-refractivity contribution in [3.8, 4) is 22.6 Å². The van der Waals surface area contributed by atoms with Crippen molar-refractivity contribution in [1.29, 1.82) is 0 Å². The molecule has 0 aliphatic carbocycles. The Hall–Kier alpha value is -3.69. The summed E-state index contributed by atoms with van der Waals surface area (Å²) >= 11 is 13.4. The van der Waals surface area contributed by atoms with E-state index in [9.17, 15) is 9.59 Å². The van der Waals surface area contributed by atoms with Crippen molar-refractivity contribution in [2.45, 2.75) is 18.5 Å². The lowest BCUT2D eigenvalue weighted by Gasteiger charge is -2.20. The van der Waals surface area contributed by atoms with Crippen LogP contribution in [0.4, 0.5) is 5.95 Å². The summed E-state index contributed by atoms with van der Waals surface area (Å²) in [6, 6.07) is 7.03. The number of benzene rings is 2. The number of nitrogens with one attached hydrogen (secondary N) is 3. The average Bonchev–Trinajstić information content (AvgIpc) is 3.35. The van der Waals surface area contributed by atoms with E-state index < -0.39 is 0 Å². The number of anilines is 1. The number of fused-ring (bicyclic) bond motifs is 1. The van der Waals surface area contributed by atoms with Crippen molar-refractivity contribution in [2.24, 2.45) is 4.99 Å². The van der Waals surface area contributed by atoms with Crippen LogP contribution in [0.15, 0.2) is 48.1 Å². The fraction of sp³-hybridized carbons (Fsp3) is 0.308. The number of carbonyl (C=O) groups excluding carboxylic acids is 2. The van der Waals surface area contributed by atoms with Crippen molar-refractivity contribution in [3.63, 3.8) is 0 Å². The molecule has 0 bridgehead atoms. The molecule has 4 rings (SSSR count). The first-order valence-electron chi connectivity index (χ1n) is 11.8. The van der Waals surface area contributed by atoms with Gasteiger partial charge < -0.3 is 25.4 Å². The predicted molar refractivity (Wildman–Crippen MR) is 147 cm³/mol. The van der Waals surface area contributed by atoms with Gasteiger partial charge in [0.25, 0.3) is 0 Å². The lowest BCUT2D eigenvalue weighted by molar-refractivity contribution is -0.117. The standard InChI is InChI=1S/C26H26Cl2N6O4/c1-3-22(36)32-18-12-30-13-19(18)34-26-31-11-16-9-15(5-6-17(16)33-26)23-24(27)20(37-2)10-21(25(23)28)38-8-4-7-29-14-35/h3,5-6,9-11,18-19,30H,1,4,7-8,12-13H2,2H3,(H,32,36)(H,31,33,34). The fourth-order valence-electron chi connectivity index (χ4n) is 4.11. The number of hydrogen-bond donors (Lipinski definition) is 3. The third kappa shape index (κ3) is 6.23. The smallest absolute Gasteiger partial charge is 0.243 e. The van der Waals surface area contributed by atoms with E-state index in [1.165, 1.54) is 19.3 Å². The number of methoxy groups -OCH3 is 1. The van der Waals surface area contributed by atoms with Crippen molar-refractivity contribution in [3.05, 3.63) is 53.2 Å². The Kier molecular flexibility index (Phi) is 9.15. The Morgan fingerprint density at radius 3 is 2.82 bits per heavy atom. The maximum absolute atomic E-state index is 11.7. The summed E-state index contributed by atoms with van der Waals surface area (Å²) < 4.78 is 11.3. The Morgan fingerprint density at radius 1 is 1.26 bits per heavy atom. The molecular formula is C26H26Cl2N6O4. The molecule has 2 atom stereocenters. The van der Waals surface area contributed by atoms with E-state index in [1.807, 2.05) is 18.2 Å². The minimum atomic E-state index is -0.229. The first-order valence-corrected chi connectivity index (χ1v) is 12.6. The first kappa shape index (κ1) is 27.3. The van der Waals surface area contributed by atoms with E-state index in [1.54, 1.807) is 12.3 Å². The van der Waals surface area contributed by atoms with Crippen LogP contribution < -0.4 is 25.4 Å². The molecule has 1 aliphatic heterocycles. The molecule has 2 aromatic carbocycles. The molecule has 38 heavy (non-hydrogen) atoms. The Labute approximate surface area is 229 Å². The minimum Gasteiger partial charge on any atom is -0.495 e. The van der Waals surface area contributed by atoms with Crippen LogP contribution in [0.5, 0.6) is 11.5 Å². The van der Waals surface area contributed by atoms with Gasteiger partial charge in [-0.2, -0.15) is 0 Å². The highest BCUT2D eigenvalue weighted by Crippen LogP contribution is 2.46. The SMILES string of the molecule is C=CC(=O)NC1CNCC1Nc1ncc2cc(-c3c(Cl)c(OC)cc(OCCCN=C=O)c3Cl)ccc2n1. The highest BCUT2D eigenvalue weighted by atomic mass is 35.5. The molecule has 10 nitrogen and oxygen atoms in total. The monoisotopic (exact) mass is 556 g/mol. The van der Waals surface area contributed by atoms with Crippen LogP contribution in [-0.4, -0.2) is 67.4 Å². The molecule has 0 radical (unpaired) electrons. The normalized spacial score (nSPS) is 16.5. The van der Waals surface area contributed by atoms with Gasteiger partial charge in [-0.05, 0) is 23.8 Å². The molecular weight excluding hydrogens is 531 g/mol. The van der Waals surface area contributed by atoms with Crippen LogP contribution in [0.25, 0.3) is 22.0 Å². The van der Waals surface area contributed by atoms with E-state index in [4.69, 9.17) is 32.7 Å². The number of nitrogens with zero attached hydrogens (tertiary/aromatic N) is 3. The van der Waals surface area contributed by atoms with Crippen LogP contribution in [0.3, 0.4) is 0 Å². The van der Waals surface area contributed by atoms with Crippen LogP contribution in [0, 0.1) is 0 Å². The van der Waals surface area contributed by atoms with Gasteiger partial charge >= 0.3 is 0 Å². The lowest BCUT2D eigenvalue weighted by atomic mass is 10.0. The molecule has 0 saturated carbocycles. The van der Waals surface area contributed by atoms with Gasteiger partial charge in [-0.3, -0.25) is 4.79 Å². The average molecular weight is 557 g/mol. The topological polar surface area (TPSA) is 127 Å². The van der Waals surface area contributed by atoms with Gasteiger partial charge in [0.1, 0.15) is 11.5 Å². The second-order valence-corrected chi connectivity index (χ2v) is 9.21. The Bertz CT molecular complexity index is 1400. The maximum Gasteiger partial charge on any atom is 0.243 e. The summed E-state index contributed by atoms with van der Waals surface area (Å²) in [5.74, 6) is 1.03. The number of carbonyl (C=O) groups is 1. The number of rotatable bonds is 11. The van der Waals surface area contributed by atoms with Crippen LogP contribution >= 0.6 is 23.2 Å². The summed E-state index contributed by atoms with van der Waals surface area (Å²) in [5.41, 5.74) is 2.00. The van der Waals surface area contributed by atoms with Crippen LogP contribution in [0.1, 0.15) is 6.42 Å². The van der Waals surface area contributed by atoms with Crippen molar-refractivity contribution >= 4 is 52.0 Å². The minimum absolute atomic E-state index is 0.0753. The number of isocyanates is 1. The van der Waals surface area contributed by atoms with Crippen LogP contribution in [0.2, 0.25) is 10.0 Å². The molecule has 3 N–H and O–H groups in total. The zero-order chi connectivity index (χ0) is 27.1. The molecule has 1 aliphatic rings. The second-order valence-electron chi connectivity index (χ2n) is 8.45. The van der Waals surface area contributed by atoms with Gasteiger partial charge in [0.2, 0.25) is 17.9 Å². The molecule has 198 valence electrons. The summed E-state index contributed by atoms with van der Waals surface area (Å²) in [6.07, 6.45) is 4.98. The summed E-state index contributed by atoms with van der Waals surface area (Å²) in [6.45, 7) is 5.39. The van der Waals surface area contributed by atoms with Crippen LogP contribution in [-0.2, 0) is 9.59 Å². The van der Waals surface area contributed by atoms with Crippen molar-refractivity contribution in [2.75, 3.05) is 38.7 Å². The van der Waals surface area contributed by atoms with E-state index >= 15 is 0 Å². The zero-order valence-corrected chi connectivity index (χ0v) is 22.1. The summed E-state index contributed by atoms with van der Waals surface area (Å²) in [7, 11) is 1.51. The second kappa shape index (κ2) is 12.7. The Balaban J connectivity index is 1.58. The van der Waals surface area contributed by atoms with Gasteiger partial charge in [-0.1, -0.05) is 35.8 Å². The highest BCUT2D eigenvalue weighted by Gasteiger charge is 2.28. The predicted octanol–water partition coefficient (Wildman–Crippen LogP) is 3.77. The van der Waals surface area contributed by atoms with E-state index in [0.717, 1.165) is 10.9 Å². The molecule has 1 amide bonds. The molecule has 1 aromatic heterocycles. The van der Waals surface area contributed by atoms with Crippen molar-refractivity contribution in [1.82, 2.24) is 20.6 Å². The lowest BCUT2D eigenvalue weighted by Crippen LogP contribution is -2.45. The highest BCUT2D eigenvalue weighted by molar-refractivity contribution is 6.41. The fourth-order valence-corrected chi connectivity index (χ4v) is 4.81. The first-order chi connectivity index (χ1) is 18.4. The number of halogens is 2. The number of ether oxygens (including phenoxy) is 2. The third-order valence-electron chi connectivity index (χ3n) is 6.00. The molecule has 2 unspecified atom stereocenters. The van der Waals surface area contributed by atoms with Gasteiger partial charge in [0.15, 0.2) is 0 Å². The maximum atomic E-state index is 11.7. The number of hydrogen-bond acceptors (Lipinski definition) is 9. The number of aliphatic imine (C=N–C) groups is 1. The van der Waals surface area contributed by atoms with E-state index in [0.29, 0.717) is 71.2 Å². The Morgan fingerprint density at radius 2 is 2.05 bits per heavy atom. The largest absolute Gasteiger partial charge is 0.495 e. The molecule has 12 heteroatoms. The van der Waals surface area contributed by atoms with Gasteiger partial charge in [0, 0.05) is 42.7 Å². The van der Waals surface area contributed by atoms with Gasteiger partial charge in [-0.15, -0.1) is 0 Å². The molecule has 3 aromatic rings. The quantitative estimate of drug-likeness (QED) is 0.141. The van der Waals surface area contributed by atoms with Gasteiger partial charge in [0.05, 0.1) is 47.9 Å². The molecule has 1 saturated heterocycles. The molecule has 1 fully saturated rings. The third-order valence-corrected chi connectivity index (χ3v) is 6.75. The molecule has 0 spiro atoms. The number of aromatic nitrogens is 2. The van der Waals surface area contributed by atoms with Crippen molar-refractivity contribution < 1.29 is 19.1 Å². The van der Waals surface area contributed by atoms with Gasteiger partial charge in [-0.25, -0.2) is 19.8 Å². The molecule has 2 heterocycles.